The molecule has 0 saturated heterocycles. The van der Waals surface area contributed by atoms with Crippen LogP contribution in [0.1, 0.15) is 56.5 Å². The Labute approximate surface area is 157 Å². The van der Waals surface area contributed by atoms with Gasteiger partial charge in [-0.15, -0.1) is 10.2 Å². The van der Waals surface area contributed by atoms with Crippen molar-refractivity contribution in [1.82, 2.24) is 29.3 Å². The topological polar surface area (TPSA) is 105 Å². The van der Waals surface area contributed by atoms with Gasteiger partial charge in [-0.1, -0.05) is 13.3 Å². The van der Waals surface area contributed by atoms with Crippen molar-refractivity contribution in [1.29, 1.82) is 0 Å². The molecule has 3 aromatic heterocycles. The highest BCUT2D eigenvalue weighted by molar-refractivity contribution is 7.90. The number of hydrogen-bond donors (Lipinski definition) is 2. The third kappa shape index (κ3) is 2.84. The standard InChI is InChI=1S/C18H24N6O2S/c1-3-11-7-12(23-27(25,26)13-4-5-13)8-14(11)18-22-21-16-9-19-17-15(24(16)18)6-10(2)20-17/h6,9,11-14,20,23H,3-5,7-8H2,1-2H3. The van der Waals surface area contributed by atoms with Gasteiger partial charge in [0, 0.05) is 17.7 Å². The van der Waals surface area contributed by atoms with Crippen molar-refractivity contribution >= 4 is 26.8 Å². The summed E-state index contributed by atoms with van der Waals surface area (Å²) in [7, 11) is -3.18. The largest absolute Gasteiger partial charge is 0.342 e. The van der Waals surface area contributed by atoms with E-state index in [2.05, 4.69) is 42.3 Å². The van der Waals surface area contributed by atoms with Crippen LogP contribution < -0.4 is 4.72 Å². The molecule has 3 unspecified atom stereocenters. The van der Waals surface area contributed by atoms with Crippen LogP contribution in [0.25, 0.3) is 16.8 Å². The number of nitrogens with zero attached hydrogens (tertiary/aromatic N) is 4. The second-order valence-electron chi connectivity index (χ2n) is 8.00. The molecule has 2 fully saturated rings. The van der Waals surface area contributed by atoms with Crippen molar-refractivity contribution in [3.05, 3.63) is 23.8 Å². The van der Waals surface area contributed by atoms with Gasteiger partial charge in [0.2, 0.25) is 10.0 Å². The number of H-pyrrole nitrogens is 1. The number of fused-ring (bicyclic) bond motifs is 3. The van der Waals surface area contributed by atoms with Crippen LogP contribution in [0, 0.1) is 12.8 Å². The molecule has 3 atom stereocenters. The van der Waals surface area contributed by atoms with Gasteiger partial charge in [0.05, 0.1) is 17.0 Å². The van der Waals surface area contributed by atoms with E-state index in [0.717, 1.165) is 60.4 Å². The van der Waals surface area contributed by atoms with E-state index in [-0.39, 0.29) is 17.2 Å². The minimum Gasteiger partial charge on any atom is -0.342 e. The molecule has 2 N–H and O–H groups in total. The van der Waals surface area contributed by atoms with E-state index in [4.69, 9.17) is 0 Å². The summed E-state index contributed by atoms with van der Waals surface area (Å²) >= 11 is 0. The Morgan fingerprint density at radius 2 is 2.11 bits per heavy atom. The van der Waals surface area contributed by atoms with Gasteiger partial charge < -0.3 is 4.98 Å². The molecule has 9 heteroatoms. The molecule has 27 heavy (non-hydrogen) atoms. The normalized spacial score (nSPS) is 26.4. The highest BCUT2D eigenvalue weighted by atomic mass is 32.2. The Balaban J connectivity index is 1.52. The Morgan fingerprint density at radius 3 is 2.85 bits per heavy atom. The van der Waals surface area contributed by atoms with E-state index in [1.54, 1.807) is 6.20 Å². The van der Waals surface area contributed by atoms with Crippen molar-refractivity contribution in [3.63, 3.8) is 0 Å². The molecule has 8 nitrogen and oxygen atoms in total. The van der Waals surface area contributed by atoms with Gasteiger partial charge in [-0.3, -0.25) is 4.40 Å². The van der Waals surface area contributed by atoms with E-state index in [0.29, 0.717) is 5.92 Å². The molecular weight excluding hydrogens is 364 g/mol. The maximum absolute atomic E-state index is 12.4. The number of sulfonamides is 1. The summed E-state index contributed by atoms with van der Waals surface area (Å²) in [5.41, 5.74) is 3.56. The molecule has 0 bridgehead atoms. The first-order valence-electron chi connectivity index (χ1n) is 9.66. The van der Waals surface area contributed by atoms with Crippen LogP contribution in [0.15, 0.2) is 12.3 Å². The molecule has 0 radical (unpaired) electrons. The molecule has 2 aliphatic carbocycles. The number of hydrogen-bond acceptors (Lipinski definition) is 5. The van der Waals surface area contributed by atoms with Crippen molar-refractivity contribution < 1.29 is 8.42 Å². The van der Waals surface area contributed by atoms with E-state index >= 15 is 0 Å². The van der Waals surface area contributed by atoms with Crippen molar-refractivity contribution in [2.45, 2.75) is 63.2 Å². The fraction of sp³-hybridized carbons (Fsp3) is 0.611. The highest BCUT2D eigenvalue weighted by Crippen LogP contribution is 2.42. The number of aromatic amines is 1. The monoisotopic (exact) mass is 388 g/mol. The molecular formula is C18H24N6O2S. The lowest BCUT2D eigenvalue weighted by molar-refractivity contribution is 0.449. The maximum atomic E-state index is 12.4. The summed E-state index contributed by atoms with van der Waals surface area (Å²) < 4.78 is 29.8. The summed E-state index contributed by atoms with van der Waals surface area (Å²) in [6.07, 6.45) is 5.91. The van der Waals surface area contributed by atoms with E-state index in [9.17, 15) is 8.42 Å². The van der Waals surface area contributed by atoms with Crippen molar-refractivity contribution in [2.75, 3.05) is 0 Å². The Morgan fingerprint density at radius 1 is 1.30 bits per heavy atom. The molecule has 3 aromatic rings. The van der Waals surface area contributed by atoms with Crippen molar-refractivity contribution in [2.24, 2.45) is 5.92 Å². The SMILES string of the molecule is CCC1CC(NS(=O)(=O)C2CC2)CC1c1nnc2cnc3[nH]c(C)cc3n12. The summed E-state index contributed by atoms with van der Waals surface area (Å²) in [6.45, 7) is 4.17. The average molecular weight is 388 g/mol. The van der Waals surface area contributed by atoms with E-state index in [1.165, 1.54) is 0 Å². The molecule has 5 rings (SSSR count). The molecule has 2 saturated carbocycles. The second kappa shape index (κ2) is 6.00. The summed E-state index contributed by atoms with van der Waals surface area (Å²) in [4.78, 5) is 7.69. The highest BCUT2D eigenvalue weighted by Gasteiger charge is 2.42. The first-order valence-corrected chi connectivity index (χ1v) is 11.2. The number of aryl methyl sites for hydroxylation is 1. The van der Waals surface area contributed by atoms with Crippen LogP contribution in [-0.4, -0.2) is 44.3 Å². The smallest absolute Gasteiger partial charge is 0.214 e. The summed E-state index contributed by atoms with van der Waals surface area (Å²) in [5, 5.41) is 8.64. The minimum atomic E-state index is -3.18. The van der Waals surface area contributed by atoms with Gasteiger partial charge in [0.25, 0.3) is 0 Å². The van der Waals surface area contributed by atoms with Crippen LogP contribution in [0.2, 0.25) is 0 Å². The Kier molecular flexibility index (Phi) is 3.80. The molecule has 3 heterocycles. The summed E-state index contributed by atoms with van der Waals surface area (Å²) in [6, 6.07) is 2.04. The molecule has 144 valence electrons. The zero-order chi connectivity index (χ0) is 18.8. The Hall–Kier alpha value is -2.00. The lowest BCUT2D eigenvalue weighted by Gasteiger charge is -2.16. The van der Waals surface area contributed by atoms with Gasteiger partial charge in [-0.05, 0) is 44.6 Å². The number of nitrogens with one attached hydrogen (secondary N) is 2. The first kappa shape index (κ1) is 17.1. The predicted octanol–water partition coefficient (Wildman–Crippen LogP) is 2.27. The first-order chi connectivity index (χ1) is 13.0. The second-order valence-corrected chi connectivity index (χ2v) is 9.99. The van der Waals surface area contributed by atoms with Crippen LogP contribution in [0.5, 0.6) is 0 Å². The zero-order valence-electron chi connectivity index (χ0n) is 15.5. The zero-order valence-corrected chi connectivity index (χ0v) is 16.3. The van der Waals surface area contributed by atoms with Gasteiger partial charge in [-0.2, -0.15) is 0 Å². The van der Waals surface area contributed by atoms with Crippen LogP contribution >= 0.6 is 0 Å². The maximum Gasteiger partial charge on any atom is 0.214 e. The third-order valence-electron chi connectivity index (χ3n) is 6.02. The molecule has 0 aliphatic heterocycles. The van der Waals surface area contributed by atoms with Crippen LogP contribution in [-0.2, 0) is 10.0 Å². The molecule has 2 aliphatic rings. The third-order valence-corrected chi connectivity index (χ3v) is 8.03. The summed E-state index contributed by atoms with van der Waals surface area (Å²) in [5.74, 6) is 1.47. The number of aromatic nitrogens is 5. The van der Waals surface area contributed by atoms with Gasteiger partial charge in [-0.25, -0.2) is 18.1 Å². The average Bonchev–Trinajstić information content (AvgIpc) is 3.13. The van der Waals surface area contributed by atoms with Crippen LogP contribution in [0.4, 0.5) is 0 Å². The molecule has 0 amide bonds. The van der Waals surface area contributed by atoms with Gasteiger partial charge >= 0.3 is 0 Å². The van der Waals surface area contributed by atoms with Gasteiger partial charge in [0.15, 0.2) is 11.3 Å². The minimum absolute atomic E-state index is 0.0248. The lowest BCUT2D eigenvalue weighted by Crippen LogP contribution is -2.35. The molecule has 0 spiro atoms. The van der Waals surface area contributed by atoms with E-state index < -0.39 is 10.0 Å². The van der Waals surface area contributed by atoms with E-state index in [1.807, 2.05) is 6.92 Å². The fourth-order valence-corrected chi connectivity index (χ4v) is 6.13. The quantitative estimate of drug-likeness (QED) is 0.697. The van der Waals surface area contributed by atoms with Gasteiger partial charge in [0.1, 0.15) is 5.82 Å². The van der Waals surface area contributed by atoms with Crippen molar-refractivity contribution in [3.8, 4) is 0 Å². The fourth-order valence-electron chi connectivity index (χ4n) is 4.53. The van der Waals surface area contributed by atoms with Crippen LogP contribution in [0.3, 0.4) is 0 Å². The Bertz CT molecular complexity index is 1110. The number of rotatable bonds is 5. The lowest BCUT2D eigenvalue weighted by atomic mass is 9.93. The molecule has 0 aromatic carbocycles. The predicted molar refractivity (Wildman–Crippen MR) is 102 cm³/mol.